The predicted molar refractivity (Wildman–Crippen MR) is 63.3 cm³/mol. The molecule has 1 unspecified atom stereocenters. The first kappa shape index (κ1) is 13.3. The number of rotatable bonds is 4. The molecule has 1 atom stereocenters. The van der Waals surface area contributed by atoms with Crippen LogP contribution >= 0.6 is 23.2 Å². The lowest BCUT2D eigenvalue weighted by Crippen LogP contribution is -2.28. The fraction of sp³-hybridized carbons (Fsp3) is 0.364. The molecule has 0 aromatic heterocycles. The van der Waals surface area contributed by atoms with Crippen LogP contribution in [0.3, 0.4) is 0 Å². The van der Waals surface area contributed by atoms with Gasteiger partial charge in [-0.15, -0.1) is 11.6 Å². The number of benzene rings is 1. The number of halogens is 3. The van der Waals surface area contributed by atoms with E-state index >= 15 is 0 Å². The van der Waals surface area contributed by atoms with Crippen molar-refractivity contribution in [1.82, 2.24) is 5.32 Å². The SMILES string of the molecule is CCCNC(=O)C(Cl)c1cccc(Cl)c1F. The smallest absolute Gasteiger partial charge is 0.242 e. The molecule has 5 heteroatoms. The molecule has 0 aliphatic heterocycles. The van der Waals surface area contributed by atoms with Crippen LogP contribution < -0.4 is 5.32 Å². The Bertz CT molecular complexity index is 384. The summed E-state index contributed by atoms with van der Waals surface area (Å²) in [6.45, 7) is 2.44. The molecule has 88 valence electrons. The predicted octanol–water partition coefficient (Wildman–Crippen LogP) is 3.29. The standard InChI is InChI=1S/C11H12Cl2FNO/c1-2-6-15-11(16)9(13)7-4-3-5-8(12)10(7)14/h3-5,9H,2,6H2,1H3,(H,15,16). The molecule has 1 N–H and O–H groups in total. The van der Waals surface area contributed by atoms with Gasteiger partial charge in [0.05, 0.1) is 5.02 Å². The maximum atomic E-state index is 13.5. The number of alkyl halides is 1. The molecular weight excluding hydrogens is 252 g/mol. The van der Waals surface area contributed by atoms with Gasteiger partial charge in [-0.25, -0.2) is 4.39 Å². The minimum absolute atomic E-state index is 0.0357. The van der Waals surface area contributed by atoms with Crippen molar-refractivity contribution in [3.8, 4) is 0 Å². The molecule has 1 aromatic rings. The lowest BCUT2D eigenvalue weighted by molar-refractivity contribution is -0.120. The van der Waals surface area contributed by atoms with Crippen LogP contribution in [0.2, 0.25) is 5.02 Å². The zero-order valence-corrected chi connectivity index (χ0v) is 10.3. The maximum absolute atomic E-state index is 13.5. The van der Waals surface area contributed by atoms with Crippen molar-refractivity contribution in [2.24, 2.45) is 0 Å². The molecule has 1 rings (SSSR count). The number of carbonyl (C=O) groups is 1. The Morgan fingerprint density at radius 2 is 2.25 bits per heavy atom. The Morgan fingerprint density at radius 3 is 2.88 bits per heavy atom. The summed E-state index contributed by atoms with van der Waals surface area (Å²) in [5, 5.41) is 1.51. The zero-order valence-electron chi connectivity index (χ0n) is 8.77. The van der Waals surface area contributed by atoms with Crippen LogP contribution in [0.5, 0.6) is 0 Å². The largest absolute Gasteiger partial charge is 0.355 e. The van der Waals surface area contributed by atoms with Gasteiger partial charge in [0.25, 0.3) is 0 Å². The van der Waals surface area contributed by atoms with E-state index < -0.39 is 17.1 Å². The Labute approximate surface area is 104 Å². The van der Waals surface area contributed by atoms with Crippen LogP contribution in [0.15, 0.2) is 18.2 Å². The molecule has 0 saturated carbocycles. The van der Waals surface area contributed by atoms with Gasteiger partial charge in [-0.05, 0) is 12.5 Å². The Kier molecular flexibility index (Phi) is 5.03. The van der Waals surface area contributed by atoms with E-state index in [1.165, 1.54) is 12.1 Å². The van der Waals surface area contributed by atoms with Crippen LogP contribution in [0.1, 0.15) is 24.3 Å². The minimum Gasteiger partial charge on any atom is -0.355 e. The Balaban J connectivity index is 2.83. The van der Waals surface area contributed by atoms with E-state index in [9.17, 15) is 9.18 Å². The fourth-order valence-electron chi connectivity index (χ4n) is 1.20. The molecular formula is C11H12Cl2FNO. The van der Waals surface area contributed by atoms with Gasteiger partial charge in [0, 0.05) is 12.1 Å². The highest BCUT2D eigenvalue weighted by molar-refractivity contribution is 6.32. The summed E-state index contributed by atoms with van der Waals surface area (Å²) in [5.41, 5.74) is 0.0998. The van der Waals surface area contributed by atoms with E-state index in [1.54, 1.807) is 6.07 Å². The van der Waals surface area contributed by atoms with E-state index in [1.807, 2.05) is 6.92 Å². The summed E-state index contributed by atoms with van der Waals surface area (Å²) in [6.07, 6.45) is 0.799. The highest BCUT2D eigenvalue weighted by atomic mass is 35.5. The molecule has 0 spiro atoms. The van der Waals surface area contributed by atoms with E-state index in [4.69, 9.17) is 23.2 Å². The summed E-state index contributed by atoms with van der Waals surface area (Å²) in [4.78, 5) is 11.5. The molecule has 0 fully saturated rings. The van der Waals surface area contributed by atoms with Crippen LogP contribution in [-0.2, 0) is 4.79 Å². The monoisotopic (exact) mass is 263 g/mol. The topological polar surface area (TPSA) is 29.1 Å². The van der Waals surface area contributed by atoms with Crippen molar-refractivity contribution >= 4 is 29.1 Å². The molecule has 0 saturated heterocycles. The maximum Gasteiger partial charge on any atom is 0.242 e. The second-order valence-corrected chi connectivity index (χ2v) is 4.14. The molecule has 2 nitrogen and oxygen atoms in total. The molecule has 0 bridgehead atoms. The van der Waals surface area contributed by atoms with Crippen LogP contribution in [-0.4, -0.2) is 12.5 Å². The number of carbonyl (C=O) groups excluding carboxylic acids is 1. The molecule has 1 aromatic carbocycles. The first-order chi connectivity index (χ1) is 7.57. The van der Waals surface area contributed by atoms with Gasteiger partial charge >= 0.3 is 0 Å². The molecule has 0 radical (unpaired) electrons. The van der Waals surface area contributed by atoms with E-state index in [-0.39, 0.29) is 10.6 Å². The van der Waals surface area contributed by atoms with E-state index in [0.717, 1.165) is 6.42 Å². The lowest BCUT2D eigenvalue weighted by Gasteiger charge is -2.11. The Hall–Kier alpha value is -0.800. The fourth-order valence-corrected chi connectivity index (χ4v) is 1.62. The number of nitrogens with one attached hydrogen (secondary N) is 1. The second kappa shape index (κ2) is 6.06. The van der Waals surface area contributed by atoms with Gasteiger partial charge in [-0.2, -0.15) is 0 Å². The Morgan fingerprint density at radius 1 is 1.56 bits per heavy atom. The van der Waals surface area contributed by atoms with Gasteiger partial charge in [0.15, 0.2) is 0 Å². The van der Waals surface area contributed by atoms with E-state index in [0.29, 0.717) is 6.54 Å². The number of hydrogen-bond donors (Lipinski definition) is 1. The van der Waals surface area contributed by atoms with Gasteiger partial charge in [0.1, 0.15) is 11.2 Å². The molecule has 16 heavy (non-hydrogen) atoms. The van der Waals surface area contributed by atoms with Gasteiger partial charge in [0.2, 0.25) is 5.91 Å². The molecule has 1 amide bonds. The molecule has 0 aliphatic carbocycles. The highest BCUT2D eigenvalue weighted by Gasteiger charge is 2.21. The van der Waals surface area contributed by atoms with Gasteiger partial charge in [-0.3, -0.25) is 4.79 Å². The molecule has 0 heterocycles. The van der Waals surface area contributed by atoms with Crippen molar-refractivity contribution < 1.29 is 9.18 Å². The van der Waals surface area contributed by atoms with Crippen LogP contribution in [0.4, 0.5) is 4.39 Å². The summed E-state index contributed by atoms with van der Waals surface area (Å²) in [5.74, 6) is -1.06. The average Bonchev–Trinajstić information content (AvgIpc) is 2.28. The number of hydrogen-bond acceptors (Lipinski definition) is 1. The van der Waals surface area contributed by atoms with E-state index in [2.05, 4.69) is 5.32 Å². The van der Waals surface area contributed by atoms with Crippen molar-refractivity contribution in [2.75, 3.05) is 6.54 Å². The summed E-state index contributed by atoms with van der Waals surface area (Å²) < 4.78 is 13.5. The zero-order chi connectivity index (χ0) is 12.1. The van der Waals surface area contributed by atoms with Crippen molar-refractivity contribution in [2.45, 2.75) is 18.7 Å². The third-order valence-electron chi connectivity index (χ3n) is 2.03. The molecule has 0 aliphatic rings. The van der Waals surface area contributed by atoms with Crippen LogP contribution in [0, 0.1) is 5.82 Å². The van der Waals surface area contributed by atoms with Crippen molar-refractivity contribution in [1.29, 1.82) is 0 Å². The van der Waals surface area contributed by atoms with Crippen molar-refractivity contribution in [3.05, 3.63) is 34.6 Å². The number of amides is 1. The summed E-state index contributed by atoms with van der Waals surface area (Å²) >= 11 is 11.5. The van der Waals surface area contributed by atoms with Crippen molar-refractivity contribution in [3.63, 3.8) is 0 Å². The summed E-state index contributed by atoms with van der Waals surface area (Å²) in [7, 11) is 0. The third-order valence-corrected chi connectivity index (χ3v) is 2.76. The van der Waals surface area contributed by atoms with Crippen LogP contribution in [0.25, 0.3) is 0 Å². The highest BCUT2D eigenvalue weighted by Crippen LogP contribution is 2.27. The average molecular weight is 264 g/mol. The first-order valence-corrected chi connectivity index (χ1v) is 5.75. The first-order valence-electron chi connectivity index (χ1n) is 4.93. The summed E-state index contributed by atoms with van der Waals surface area (Å²) in [6, 6.07) is 4.42. The van der Waals surface area contributed by atoms with Gasteiger partial charge in [-0.1, -0.05) is 30.7 Å². The van der Waals surface area contributed by atoms with Gasteiger partial charge < -0.3 is 5.32 Å². The third kappa shape index (κ3) is 3.09. The lowest BCUT2D eigenvalue weighted by atomic mass is 10.1. The minimum atomic E-state index is -1.05. The normalized spacial score (nSPS) is 12.2. The second-order valence-electron chi connectivity index (χ2n) is 3.30. The quantitative estimate of drug-likeness (QED) is 0.831.